The van der Waals surface area contributed by atoms with Crippen LogP contribution in [0.5, 0.6) is 0 Å². The molecule has 3 heterocycles. The van der Waals surface area contributed by atoms with Gasteiger partial charge in [0.25, 0.3) is 0 Å². The number of fused-ring (bicyclic) bond motifs is 6. The maximum Gasteiger partial charge on any atom is 0.106 e. The van der Waals surface area contributed by atoms with E-state index in [0.29, 0.717) is 0 Å². The van der Waals surface area contributed by atoms with E-state index in [2.05, 4.69) is 119 Å². The Bertz CT molecular complexity index is 1780. The number of nitrogens with zero attached hydrogens (tertiary/aromatic N) is 1. The minimum Gasteiger partial charge on any atom is -0.372 e. The van der Waals surface area contributed by atoms with E-state index in [1.54, 1.807) is 0 Å². The fraction of sp³-hybridized carbons (Fsp3) is 0.0303. The SMILES string of the molecule is C=O.C=O.c1ccc(-c2ccc3c(c2)C2Nc4c(ccc5c6ccccc6n-3c45)-c3ccccc32)cc1. The first kappa shape index (κ1) is 22.5. The lowest BCUT2D eigenvalue weighted by Crippen LogP contribution is -2.17. The quantitative estimate of drug-likeness (QED) is 0.264. The predicted octanol–water partition coefficient (Wildman–Crippen LogP) is 7.58. The fourth-order valence-corrected chi connectivity index (χ4v) is 5.94. The molecule has 37 heavy (non-hydrogen) atoms. The highest BCUT2D eigenvalue weighted by Crippen LogP contribution is 2.52. The van der Waals surface area contributed by atoms with Crippen molar-refractivity contribution in [3.63, 3.8) is 0 Å². The third-order valence-corrected chi connectivity index (χ3v) is 7.37. The van der Waals surface area contributed by atoms with Crippen LogP contribution in [0.3, 0.4) is 0 Å². The second kappa shape index (κ2) is 8.92. The third-order valence-electron chi connectivity index (χ3n) is 7.37. The molecule has 4 heteroatoms. The smallest absolute Gasteiger partial charge is 0.106 e. The second-order valence-electron chi connectivity index (χ2n) is 9.04. The summed E-state index contributed by atoms with van der Waals surface area (Å²) in [7, 11) is 0. The van der Waals surface area contributed by atoms with Crippen molar-refractivity contribution in [2.45, 2.75) is 6.04 Å². The van der Waals surface area contributed by atoms with Gasteiger partial charge in [0.05, 0.1) is 28.5 Å². The first-order valence-corrected chi connectivity index (χ1v) is 12.1. The molecule has 0 aliphatic carbocycles. The van der Waals surface area contributed by atoms with Crippen LogP contribution >= 0.6 is 0 Å². The van der Waals surface area contributed by atoms with Crippen LogP contribution in [0.25, 0.3) is 49.7 Å². The van der Waals surface area contributed by atoms with Crippen LogP contribution in [-0.2, 0) is 9.59 Å². The van der Waals surface area contributed by atoms with Crippen LogP contribution in [-0.4, -0.2) is 18.1 Å². The van der Waals surface area contributed by atoms with Gasteiger partial charge < -0.3 is 19.5 Å². The van der Waals surface area contributed by atoms with Gasteiger partial charge in [-0.15, -0.1) is 0 Å². The number of hydrogen-bond acceptors (Lipinski definition) is 3. The Morgan fingerprint density at radius 1 is 0.595 bits per heavy atom. The number of anilines is 1. The predicted molar refractivity (Wildman–Crippen MR) is 151 cm³/mol. The molecular formula is C33H24N2O2. The highest BCUT2D eigenvalue weighted by molar-refractivity contribution is 6.17. The molecule has 4 nitrogen and oxygen atoms in total. The summed E-state index contributed by atoms with van der Waals surface area (Å²) in [6, 6.07) is 40.0. The van der Waals surface area contributed by atoms with E-state index in [-0.39, 0.29) is 6.04 Å². The summed E-state index contributed by atoms with van der Waals surface area (Å²) in [5.41, 5.74) is 12.8. The number of rotatable bonds is 1. The van der Waals surface area contributed by atoms with Crippen molar-refractivity contribution in [3.8, 4) is 27.9 Å². The van der Waals surface area contributed by atoms with Crippen molar-refractivity contribution in [1.82, 2.24) is 4.57 Å². The van der Waals surface area contributed by atoms with Gasteiger partial charge in [-0.2, -0.15) is 0 Å². The molecule has 0 fully saturated rings. The van der Waals surface area contributed by atoms with Gasteiger partial charge in [0, 0.05) is 21.9 Å². The molecule has 4 bridgehead atoms. The van der Waals surface area contributed by atoms with Gasteiger partial charge in [-0.3, -0.25) is 0 Å². The molecule has 1 aromatic heterocycles. The fourth-order valence-electron chi connectivity index (χ4n) is 5.94. The van der Waals surface area contributed by atoms with Crippen molar-refractivity contribution < 1.29 is 9.59 Å². The van der Waals surface area contributed by atoms with E-state index >= 15 is 0 Å². The molecule has 1 atom stereocenters. The molecule has 178 valence electrons. The van der Waals surface area contributed by atoms with Gasteiger partial charge in [-0.1, -0.05) is 91.0 Å². The Labute approximate surface area is 214 Å². The topological polar surface area (TPSA) is 51.1 Å². The second-order valence-corrected chi connectivity index (χ2v) is 9.04. The summed E-state index contributed by atoms with van der Waals surface area (Å²) in [5, 5.41) is 6.57. The van der Waals surface area contributed by atoms with E-state index in [1.165, 1.54) is 66.6 Å². The maximum atomic E-state index is 8.00. The number of para-hydroxylation sites is 1. The maximum absolute atomic E-state index is 8.00. The van der Waals surface area contributed by atoms with Crippen LogP contribution in [0.2, 0.25) is 0 Å². The first-order valence-electron chi connectivity index (χ1n) is 12.1. The van der Waals surface area contributed by atoms with Crippen LogP contribution in [0.4, 0.5) is 5.69 Å². The van der Waals surface area contributed by atoms with E-state index < -0.39 is 0 Å². The van der Waals surface area contributed by atoms with Gasteiger partial charge in [-0.25, -0.2) is 0 Å². The summed E-state index contributed by atoms with van der Waals surface area (Å²) in [6.07, 6.45) is 0. The van der Waals surface area contributed by atoms with Gasteiger partial charge in [0.1, 0.15) is 13.6 Å². The molecule has 1 unspecified atom stereocenters. The zero-order valence-corrected chi connectivity index (χ0v) is 20.1. The Hall–Kier alpha value is -4.96. The van der Waals surface area contributed by atoms with Crippen molar-refractivity contribution >= 4 is 41.1 Å². The molecule has 0 radical (unpaired) electrons. The molecule has 2 aliphatic rings. The molecule has 0 saturated carbocycles. The van der Waals surface area contributed by atoms with Crippen LogP contribution in [0.1, 0.15) is 17.2 Å². The molecule has 6 aromatic rings. The van der Waals surface area contributed by atoms with Crippen molar-refractivity contribution in [3.05, 3.63) is 120 Å². The monoisotopic (exact) mass is 480 g/mol. The van der Waals surface area contributed by atoms with Crippen molar-refractivity contribution in [2.24, 2.45) is 0 Å². The Balaban J connectivity index is 0.000000603. The third kappa shape index (κ3) is 3.16. The number of hydrogen-bond donors (Lipinski definition) is 1. The number of carbonyl (C=O) groups excluding carboxylic acids is 2. The summed E-state index contributed by atoms with van der Waals surface area (Å²) < 4.78 is 2.48. The average Bonchev–Trinajstić information content (AvgIpc) is 3.26. The lowest BCUT2D eigenvalue weighted by molar-refractivity contribution is -0.0987. The summed E-state index contributed by atoms with van der Waals surface area (Å²) in [5.74, 6) is 0. The molecular weight excluding hydrogens is 456 g/mol. The number of benzene rings is 5. The summed E-state index contributed by atoms with van der Waals surface area (Å²) in [6.45, 7) is 4.00. The zero-order chi connectivity index (χ0) is 25.5. The summed E-state index contributed by atoms with van der Waals surface area (Å²) >= 11 is 0. The largest absolute Gasteiger partial charge is 0.372 e. The average molecular weight is 481 g/mol. The van der Waals surface area contributed by atoms with E-state index in [4.69, 9.17) is 9.59 Å². The van der Waals surface area contributed by atoms with E-state index in [9.17, 15) is 0 Å². The molecule has 0 amide bonds. The highest BCUT2D eigenvalue weighted by atomic mass is 16.1. The van der Waals surface area contributed by atoms with Gasteiger partial charge >= 0.3 is 0 Å². The van der Waals surface area contributed by atoms with Gasteiger partial charge in [-0.05, 0) is 40.5 Å². The minimum absolute atomic E-state index is 0.108. The van der Waals surface area contributed by atoms with Crippen LogP contribution in [0.15, 0.2) is 109 Å². The standard InChI is InChI=1S/C31H20N2.2CH2O/c1-2-8-19(9-3-1)20-14-17-28-26(18-20)29-23-12-5-4-10-21(23)24-15-16-25-22-11-6-7-13-27(22)33(28)31(25)30(24)32-29;2*1-2/h1-18,29,32H;2*1H2. The van der Waals surface area contributed by atoms with Gasteiger partial charge in [0.15, 0.2) is 0 Å². The molecule has 5 aromatic carbocycles. The summed E-state index contributed by atoms with van der Waals surface area (Å²) in [4.78, 5) is 16.0. The zero-order valence-electron chi connectivity index (χ0n) is 20.1. The Kier molecular flexibility index (Phi) is 5.42. The van der Waals surface area contributed by atoms with E-state index in [1.807, 2.05) is 13.6 Å². The number of aromatic nitrogens is 1. The molecule has 2 aliphatic heterocycles. The first-order chi connectivity index (χ1) is 18.4. The molecule has 8 rings (SSSR count). The molecule has 1 N–H and O–H groups in total. The lowest BCUT2D eigenvalue weighted by Gasteiger charge is -2.29. The normalized spacial score (nSPS) is 13.8. The van der Waals surface area contributed by atoms with Crippen LogP contribution < -0.4 is 5.32 Å². The van der Waals surface area contributed by atoms with E-state index in [0.717, 1.165) is 0 Å². The Morgan fingerprint density at radius 2 is 1.32 bits per heavy atom. The van der Waals surface area contributed by atoms with Gasteiger partial charge in [0.2, 0.25) is 0 Å². The molecule has 0 spiro atoms. The van der Waals surface area contributed by atoms with Crippen LogP contribution in [0, 0.1) is 0 Å². The Morgan fingerprint density at radius 3 is 2.16 bits per heavy atom. The highest BCUT2D eigenvalue weighted by Gasteiger charge is 2.33. The number of carbonyl (C=O) groups is 2. The van der Waals surface area contributed by atoms with Crippen molar-refractivity contribution in [2.75, 3.05) is 5.32 Å². The minimum atomic E-state index is 0.108. The molecule has 0 saturated heterocycles. The van der Waals surface area contributed by atoms with Crippen molar-refractivity contribution in [1.29, 1.82) is 0 Å². The number of nitrogens with one attached hydrogen (secondary N) is 1. The lowest BCUT2D eigenvalue weighted by atomic mass is 9.85.